The number of alkyl halides is 6. The zero-order valence-corrected chi connectivity index (χ0v) is 16.0. The lowest BCUT2D eigenvalue weighted by atomic mass is 10.1. The van der Waals surface area contributed by atoms with Crippen molar-refractivity contribution in [2.24, 2.45) is 10.2 Å². The predicted molar refractivity (Wildman–Crippen MR) is 89.6 cm³/mol. The fraction of sp³-hybridized carbons (Fsp3) is 0.750. The van der Waals surface area contributed by atoms with E-state index in [4.69, 9.17) is 0 Å². The van der Waals surface area contributed by atoms with Crippen LogP contribution in [0.25, 0.3) is 0 Å². The minimum atomic E-state index is -5.15. The van der Waals surface area contributed by atoms with Crippen molar-refractivity contribution in [1.29, 1.82) is 0 Å². The molecular weight excluding hydrogens is 426 g/mol. The Bertz CT molecular complexity index is 717. The van der Waals surface area contributed by atoms with Crippen LogP contribution in [0.15, 0.2) is 10.2 Å². The van der Waals surface area contributed by atoms with Gasteiger partial charge in [-0.3, -0.25) is 9.59 Å². The molecule has 8 nitrogen and oxygen atoms in total. The van der Waals surface area contributed by atoms with Crippen molar-refractivity contribution in [2.75, 3.05) is 0 Å². The maximum absolute atomic E-state index is 13.1. The van der Waals surface area contributed by atoms with Gasteiger partial charge in [0.05, 0.1) is 0 Å². The third kappa shape index (κ3) is 4.29. The summed E-state index contributed by atoms with van der Waals surface area (Å²) in [6, 6.07) is 0. The summed E-state index contributed by atoms with van der Waals surface area (Å²) in [5, 5.41) is 26.4. The minimum absolute atomic E-state index is 0.0549. The second kappa shape index (κ2) is 7.80. The molecule has 0 radical (unpaired) electrons. The first kappa shape index (κ1) is 24.1. The average Bonchev–Trinajstić information content (AvgIpc) is 3.07. The molecule has 170 valence electrons. The zero-order chi connectivity index (χ0) is 23.1. The van der Waals surface area contributed by atoms with E-state index in [9.17, 15) is 46.1 Å². The van der Waals surface area contributed by atoms with Gasteiger partial charge in [-0.15, -0.1) is 0 Å². The van der Waals surface area contributed by atoms with Crippen LogP contribution in [0.1, 0.15) is 52.4 Å². The molecule has 0 aromatic rings. The van der Waals surface area contributed by atoms with Crippen molar-refractivity contribution in [3.63, 3.8) is 0 Å². The molecule has 2 unspecified atom stereocenters. The van der Waals surface area contributed by atoms with Crippen LogP contribution in [0.3, 0.4) is 0 Å². The van der Waals surface area contributed by atoms with Crippen molar-refractivity contribution >= 4 is 23.2 Å². The monoisotopic (exact) mass is 446 g/mol. The molecule has 2 N–H and O–H groups in total. The lowest BCUT2D eigenvalue weighted by molar-refractivity contribution is -0.302. The normalized spacial score (nSPS) is 27.4. The van der Waals surface area contributed by atoms with Crippen LogP contribution in [0.2, 0.25) is 0 Å². The number of amides is 2. The number of carbonyl (C=O) groups excluding carboxylic acids is 2. The quantitative estimate of drug-likeness (QED) is 0.499. The van der Waals surface area contributed by atoms with Crippen molar-refractivity contribution in [3.8, 4) is 0 Å². The predicted octanol–water partition coefficient (Wildman–Crippen LogP) is 2.27. The summed E-state index contributed by atoms with van der Waals surface area (Å²) in [5.41, 5.74) is -7.14. The fourth-order valence-electron chi connectivity index (χ4n) is 3.17. The highest BCUT2D eigenvalue weighted by Crippen LogP contribution is 2.41. The summed E-state index contributed by atoms with van der Waals surface area (Å²) < 4.78 is 78.6. The standard InChI is InChI=1S/C16H20F6N4O4/c1-9-7-13(29,15(17,18)19)25(23-9)11(27)5-3-4-6-12(28)26-14(30,16(20,21)22)8-10(2)24-26/h29-30H,3-8H2,1-2H3. The van der Waals surface area contributed by atoms with Gasteiger partial charge in [0.15, 0.2) is 0 Å². The van der Waals surface area contributed by atoms with Crippen LogP contribution in [-0.4, -0.2) is 67.3 Å². The number of carbonyl (C=O) groups is 2. The first-order valence-electron chi connectivity index (χ1n) is 8.85. The van der Waals surface area contributed by atoms with Gasteiger partial charge in [0.25, 0.3) is 11.4 Å². The van der Waals surface area contributed by atoms with E-state index in [0.29, 0.717) is 0 Å². The number of aliphatic hydroxyl groups is 2. The Hall–Kier alpha value is -2.22. The molecule has 0 bridgehead atoms. The van der Waals surface area contributed by atoms with E-state index in [2.05, 4.69) is 10.2 Å². The molecule has 2 aliphatic rings. The molecule has 0 aromatic heterocycles. The molecule has 30 heavy (non-hydrogen) atoms. The van der Waals surface area contributed by atoms with Gasteiger partial charge in [0.1, 0.15) is 0 Å². The van der Waals surface area contributed by atoms with Gasteiger partial charge in [-0.2, -0.15) is 46.6 Å². The number of hydrogen-bond acceptors (Lipinski definition) is 6. The number of halogens is 6. The summed E-state index contributed by atoms with van der Waals surface area (Å²) in [4.78, 5) is 24.2. The molecule has 0 saturated carbocycles. The van der Waals surface area contributed by atoms with E-state index >= 15 is 0 Å². The summed E-state index contributed by atoms with van der Waals surface area (Å²) >= 11 is 0. The Morgan fingerprint density at radius 1 is 0.833 bits per heavy atom. The first-order valence-corrected chi connectivity index (χ1v) is 8.85. The number of hydrazone groups is 2. The van der Waals surface area contributed by atoms with Gasteiger partial charge in [-0.25, -0.2) is 0 Å². The summed E-state index contributed by atoms with van der Waals surface area (Å²) in [7, 11) is 0. The van der Waals surface area contributed by atoms with Gasteiger partial charge in [0, 0.05) is 37.1 Å². The molecule has 0 spiro atoms. The topological polar surface area (TPSA) is 106 Å². The number of rotatable bonds is 5. The fourth-order valence-corrected chi connectivity index (χ4v) is 3.17. The minimum Gasteiger partial charge on any atom is -0.362 e. The molecule has 2 rings (SSSR count). The van der Waals surface area contributed by atoms with E-state index < -0.39 is 61.3 Å². The van der Waals surface area contributed by atoms with E-state index in [-0.39, 0.29) is 34.3 Å². The Labute approximate surface area is 166 Å². The summed E-state index contributed by atoms with van der Waals surface area (Å²) in [6.45, 7) is 2.42. The lowest BCUT2D eigenvalue weighted by Crippen LogP contribution is -2.56. The average molecular weight is 446 g/mol. The van der Waals surface area contributed by atoms with Crippen LogP contribution in [0, 0.1) is 0 Å². The molecule has 2 amide bonds. The maximum Gasteiger partial charge on any atom is 0.438 e. The zero-order valence-electron chi connectivity index (χ0n) is 16.0. The smallest absolute Gasteiger partial charge is 0.362 e. The van der Waals surface area contributed by atoms with Gasteiger partial charge < -0.3 is 10.2 Å². The maximum atomic E-state index is 13.1. The van der Waals surface area contributed by atoms with E-state index in [0.717, 1.165) is 0 Å². The second-order valence-electron chi connectivity index (χ2n) is 7.27. The SMILES string of the molecule is CC1=NN(C(=O)CCCCC(=O)N2N=C(C)CC2(O)C(F)(F)F)C(O)(C(F)(F)F)C1. The molecule has 0 aliphatic carbocycles. The van der Waals surface area contributed by atoms with Crippen LogP contribution < -0.4 is 0 Å². The highest BCUT2D eigenvalue weighted by atomic mass is 19.4. The van der Waals surface area contributed by atoms with Crippen molar-refractivity contribution in [2.45, 2.75) is 76.2 Å². The summed E-state index contributed by atoms with van der Waals surface area (Å²) in [5.74, 6) is -2.30. The molecule has 0 aromatic carbocycles. The Morgan fingerprint density at radius 3 is 1.40 bits per heavy atom. The van der Waals surface area contributed by atoms with E-state index in [1.807, 2.05) is 0 Å². The Balaban J connectivity index is 1.93. The molecule has 2 aliphatic heterocycles. The molecule has 0 saturated heterocycles. The van der Waals surface area contributed by atoms with Gasteiger partial charge in [-0.05, 0) is 26.7 Å². The first-order chi connectivity index (χ1) is 13.5. The highest BCUT2D eigenvalue weighted by molar-refractivity contribution is 5.90. The van der Waals surface area contributed by atoms with Crippen LogP contribution in [0.5, 0.6) is 0 Å². The molecule has 2 atom stereocenters. The number of hydrogen-bond donors (Lipinski definition) is 2. The van der Waals surface area contributed by atoms with Crippen molar-refractivity contribution in [1.82, 2.24) is 10.0 Å². The molecular formula is C16H20F6N4O4. The molecule has 14 heteroatoms. The molecule has 2 heterocycles. The van der Waals surface area contributed by atoms with Crippen LogP contribution in [-0.2, 0) is 9.59 Å². The largest absolute Gasteiger partial charge is 0.438 e. The summed E-state index contributed by atoms with van der Waals surface area (Å²) in [6.07, 6.45) is -13.5. The van der Waals surface area contributed by atoms with Crippen LogP contribution in [0.4, 0.5) is 26.3 Å². The van der Waals surface area contributed by atoms with E-state index in [1.54, 1.807) is 0 Å². The van der Waals surface area contributed by atoms with E-state index in [1.165, 1.54) is 13.8 Å². The van der Waals surface area contributed by atoms with Crippen molar-refractivity contribution in [3.05, 3.63) is 0 Å². The Morgan fingerprint density at radius 2 is 1.13 bits per heavy atom. The lowest BCUT2D eigenvalue weighted by Gasteiger charge is -2.33. The third-order valence-corrected chi connectivity index (χ3v) is 4.66. The van der Waals surface area contributed by atoms with Gasteiger partial charge >= 0.3 is 12.4 Å². The number of nitrogens with zero attached hydrogens (tertiary/aromatic N) is 4. The third-order valence-electron chi connectivity index (χ3n) is 4.66. The van der Waals surface area contributed by atoms with Gasteiger partial charge in [-0.1, -0.05) is 0 Å². The Kier molecular flexibility index (Phi) is 6.25. The second-order valence-corrected chi connectivity index (χ2v) is 7.27. The van der Waals surface area contributed by atoms with Gasteiger partial charge in [0.2, 0.25) is 11.8 Å². The number of unbranched alkanes of at least 4 members (excludes halogenated alkanes) is 1. The highest BCUT2D eigenvalue weighted by Gasteiger charge is 2.63. The van der Waals surface area contributed by atoms with Crippen LogP contribution >= 0.6 is 0 Å². The molecule has 0 fully saturated rings. The van der Waals surface area contributed by atoms with Crippen molar-refractivity contribution < 1.29 is 46.1 Å².